The molecule has 1 rings (SSSR count). The number of hydrogen-bond acceptors (Lipinski definition) is 3. The summed E-state index contributed by atoms with van der Waals surface area (Å²) in [6.45, 7) is 5.48. The van der Waals surface area contributed by atoms with Crippen LogP contribution < -0.4 is 5.32 Å². The Labute approximate surface area is 112 Å². The second-order valence-corrected chi connectivity index (χ2v) is 4.49. The second kappa shape index (κ2) is 6.78. The molecule has 0 aromatic carbocycles. The lowest BCUT2D eigenvalue weighted by atomic mass is 9.99. The van der Waals surface area contributed by atoms with Gasteiger partial charge in [0, 0.05) is 6.08 Å². The first kappa shape index (κ1) is 15.0. The molecule has 1 amide bonds. The summed E-state index contributed by atoms with van der Waals surface area (Å²) in [6, 6.07) is 2.65. The maximum absolute atomic E-state index is 11.7. The number of nitrogens with one attached hydrogen (secondary N) is 1. The van der Waals surface area contributed by atoms with Crippen LogP contribution >= 0.6 is 0 Å². The lowest BCUT2D eigenvalue weighted by Gasteiger charge is -2.19. The molecule has 5 nitrogen and oxygen atoms in total. The van der Waals surface area contributed by atoms with Crippen LogP contribution in [0.4, 0.5) is 0 Å². The van der Waals surface area contributed by atoms with E-state index in [1.807, 2.05) is 6.92 Å². The average molecular weight is 265 g/mol. The van der Waals surface area contributed by atoms with Gasteiger partial charge < -0.3 is 14.8 Å². The van der Waals surface area contributed by atoms with Gasteiger partial charge in [-0.25, -0.2) is 4.79 Å². The topological polar surface area (TPSA) is 79.5 Å². The number of hydrogen-bond donors (Lipinski definition) is 2. The van der Waals surface area contributed by atoms with Gasteiger partial charge in [-0.05, 0) is 31.1 Å². The molecule has 0 saturated carbocycles. The zero-order valence-corrected chi connectivity index (χ0v) is 11.3. The largest absolute Gasteiger partial charge is 0.480 e. The second-order valence-electron chi connectivity index (χ2n) is 4.49. The molecule has 0 aliphatic rings. The third-order valence-electron chi connectivity index (χ3n) is 2.94. The first-order chi connectivity index (χ1) is 8.93. The van der Waals surface area contributed by atoms with Gasteiger partial charge >= 0.3 is 5.97 Å². The van der Waals surface area contributed by atoms with Crippen molar-refractivity contribution in [3.8, 4) is 0 Å². The number of amides is 1. The van der Waals surface area contributed by atoms with E-state index in [4.69, 9.17) is 9.52 Å². The van der Waals surface area contributed by atoms with Gasteiger partial charge in [0.05, 0.1) is 0 Å². The summed E-state index contributed by atoms with van der Waals surface area (Å²) >= 11 is 0. The van der Waals surface area contributed by atoms with Crippen LogP contribution in [0, 0.1) is 12.8 Å². The molecule has 19 heavy (non-hydrogen) atoms. The highest BCUT2D eigenvalue weighted by Crippen LogP contribution is 2.09. The fraction of sp³-hybridized carbons (Fsp3) is 0.429. The van der Waals surface area contributed by atoms with Crippen molar-refractivity contribution in [3.05, 3.63) is 29.7 Å². The van der Waals surface area contributed by atoms with Gasteiger partial charge in [-0.2, -0.15) is 0 Å². The number of furan rings is 1. The van der Waals surface area contributed by atoms with Crippen molar-refractivity contribution in [3.63, 3.8) is 0 Å². The minimum absolute atomic E-state index is 0.124. The first-order valence-electron chi connectivity index (χ1n) is 6.21. The molecule has 1 unspecified atom stereocenters. The fourth-order valence-electron chi connectivity index (χ4n) is 1.59. The van der Waals surface area contributed by atoms with Gasteiger partial charge in [0.1, 0.15) is 17.6 Å². The maximum atomic E-state index is 11.7. The molecule has 0 bridgehead atoms. The normalized spacial score (nSPS) is 14.3. The zero-order chi connectivity index (χ0) is 14.4. The Morgan fingerprint density at radius 2 is 2.16 bits per heavy atom. The van der Waals surface area contributed by atoms with Crippen molar-refractivity contribution in [2.24, 2.45) is 5.92 Å². The van der Waals surface area contributed by atoms with Crippen LogP contribution in [0.3, 0.4) is 0 Å². The Kier molecular flexibility index (Phi) is 5.36. The molecule has 1 aromatic rings. The minimum atomic E-state index is -1.02. The Balaban J connectivity index is 2.62. The smallest absolute Gasteiger partial charge is 0.326 e. The lowest BCUT2D eigenvalue weighted by Crippen LogP contribution is -2.44. The number of carboxylic acids is 1. The minimum Gasteiger partial charge on any atom is -0.480 e. The van der Waals surface area contributed by atoms with Crippen molar-refractivity contribution in [1.82, 2.24) is 5.32 Å². The summed E-state index contributed by atoms with van der Waals surface area (Å²) in [6.07, 6.45) is 3.47. The van der Waals surface area contributed by atoms with Crippen LogP contribution in [0.15, 0.2) is 22.6 Å². The molecule has 0 saturated heterocycles. The van der Waals surface area contributed by atoms with Crippen LogP contribution in [0.2, 0.25) is 0 Å². The van der Waals surface area contributed by atoms with Crippen LogP contribution in [-0.4, -0.2) is 23.0 Å². The van der Waals surface area contributed by atoms with E-state index >= 15 is 0 Å². The number of carboxylic acid groups (broad SMARTS) is 1. The Morgan fingerprint density at radius 3 is 2.63 bits per heavy atom. The van der Waals surface area contributed by atoms with Crippen LogP contribution in [-0.2, 0) is 9.59 Å². The highest BCUT2D eigenvalue weighted by Gasteiger charge is 2.24. The first-order valence-corrected chi connectivity index (χ1v) is 6.21. The third-order valence-corrected chi connectivity index (χ3v) is 2.94. The van der Waals surface area contributed by atoms with Gasteiger partial charge in [-0.3, -0.25) is 4.79 Å². The molecule has 1 heterocycles. The number of rotatable bonds is 6. The van der Waals surface area contributed by atoms with E-state index in [2.05, 4.69) is 5.32 Å². The van der Waals surface area contributed by atoms with Gasteiger partial charge in [0.15, 0.2) is 0 Å². The monoisotopic (exact) mass is 265 g/mol. The molecule has 104 valence electrons. The highest BCUT2D eigenvalue weighted by molar-refractivity contribution is 5.94. The fourth-order valence-corrected chi connectivity index (χ4v) is 1.59. The number of aryl methyl sites for hydroxylation is 1. The maximum Gasteiger partial charge on any atom is 0.326 e. The average Bonchev–Trinajstić information content (AvgIpc) is 2.78. The molecule has 1 aromatic heterocycles. The zero-order valence-electron chi connectivity index (χ0n) is 11.3. The molecule has 0 spiro atoms. The summed E-state index contributed by atoms with van der Waals surface area (Å²) in [7, 11) is 0. The van der Waals surface area contributed by atoms with E-state index in [1.54, 1.807) is 26.0 Å². The van der Waals surface area contributed by atoms with Crippen LogP contribution in [0.25, 0.3) is 6.08 Å². The number of carbonyl (C=O) groups is 2. The molecule has 5 heteroatoms. The van der Waals surface area contributed by atoms with Crippen LogP contribution in [0.5, 0.6) is 0 Å². The quantitative estimate of drug-likeness (QED) is 0.773. The van der Waals surface area contributed by atoms with E-state index in [0.717, 1.165) is 5.76 Å². The molecule has 2 atom stereocenters. The summed E-state index contributed by atoms with van der Waals surface area (Å²) in [5.41, 5.74) is 0. The van der Waals surface area contributed by atoms with Crippen LogP contribution in [0.1, 0.15) is 31.8 Å². The number of aliphatic carboxylic acids is 1. The van der Waals surface area contributed by atoms with E-state index < -0.39 is 17.9 Å². The Hall–Kier alpha value is -2.04. The lowest BCUT2D eigenvalue weighted by molar-refractivity contribution is -0.142. The summed E-state index contributed by atoms with van der Waals surface area (Å²) in [5.74, 6) is -0.279. The van der Waals surface area contributed by atoms with E-state index in [1.165, 1.54) is 12.2 Å². The predicted octanol–water partition coefficient (Wildman–Crippen LogP) is 2.22. The molecule has 0 fully saturated rings. The van der Waals surface area contributed by atoms with Crippen molar-refractivity contribution >= 4 is 18.0 Å². The Morgan fingerprint density at radius 1 is 1.47 bits per heavy atom. The van der Waals surface area contributed by atoms with Gasteiger partial charge in [-0.15, -0.1) is 0 Å². The highest BCUT2D eigenvalue weighted by atomic mass is 16.4. The van der Waals surface area contributed by atoms with E-state index in [9.17, 15) is 9.59 Å². The van der Waals surface area contributed by atoms with Crippen molar-refractivity contribution in [2.75, 3.05) is 0 Å². The molecule has 0 radical (unpaired) electrons. The summed E-state index contributed by atoms with van der Waals surface area (Å²) in [4.78, 5) is 22.7. The predicted molar refractivity (Wildman–Crippen MR) is 71.5 cm³/mol. The van der Waals surface area contributed by atoms with Gasteiger partial charge in [0.25, 0.3) is 0 Å². The van der Waals surface area contributed by atoms with Crippen molar-refractivity contribution < 1.29 is 19.1 Å². The number of carbonyl (C=O) groups excluding carboxylic acids is 1. The SMILES string of the molecule is CCC(C)[C@H](NC(=O)/C=C/c1ccc(C)o1)C(=O)O. The van der Waals surface area contributed by atoms with E-state index in [-0.39, 0.29) is 5.92 Å². The Bertz CT molecular complexity index is 476. The van der Waals surface area contributed by atoms with Gasteiger partial charge in [0.2, 0.25) is 5.91 Å². The third kappa shape index (κ3) is 4.62. The standard InChI is InChI=1S/C14H19NO4/c1-4-9(2)13(14(17)18)15-12(16)8-7-11-6-5-10(3)19-11/h5-9,13H,4H2,1-3H3,(H,15,16)(H,17,18)/b8-7+/t9?,13-/m0/s1. The van der Waals surface area contributed by atoms with Crippen molar-refractivity contribution in [1.29, 1.82) is 0 Å². The molecular formula is C14H19NO4. The van der Waals surface area contributed by atoms with Crippen molar-refractivity contribution in [2.45, 2.75) is 33.2 Å². The summed E-state index contributed by atoms with van der Waals surface area (Å²) in [5, 5.41) is 11.5. The molecule has 0 aliphatic heterocycles. The summed E-state index contributed by atoms with van der Waals surface area (Å²) < 4.78 is 5.27. The van der Waals surface area contributed by atoms with E-state index in [0.29, 0.717) is 12.2 Å². The molecule has 2 N–H and O–H groups in total. The van der Waals surface area contributed by atoms with Gasteiger partial charge in [-0.1, -0.05) is 20.3 Å². The molecule has 0 aliphatic carbocycles. The molecular weight excluding hydrogens is 246 g/mol.